The number of hydrogen-bond donors (Lipinski definition) is 1. The molecule has 0 aromatic heterocycles. The van der Waals surface area contributed by atoms with Crippen molar-refractivity contribution in [3.8, 4) is 12.3 Å². The van der Waals surface area contributed by atoms with Gasteiger partial charge in [0.05, 0.1) is 10.7 Å². The number of carbonyl (C=O) groups excluding carboxylic acids is 1. The van der Waals surface area contributed by atoms with Crippen LogP contribution in [0.3, 0.4) is 0 Å². The van der Waals surface area contributed by atoms with Crippen molar-refractivity contribution in [2.75, 3.05) is 11.9 Å². The normalized spacial score (nSPS) is 11.4. The Morgan fingerprint density at radius 2 is 2.35 bits per heavy atom. The molecule has 0 amide bonds. The Kier molecular flexibility index (Phi) is 4.86. The molecule has 0 saturated heterocycles. The minimum Gasteiger partial charge on any atom is -0.451 e. The third-order valence-corrected chi connectivity index (χ3v) is 2.55. The summed E-state index contributed by atoms with van der Waals surface area (Å²) in [5.74, 6) is 1.84. The summed E-state index contributed by atoms with van der Waals surface area (Å²) in [5.41, 5.74) is 1.70. The summed E-state index contributed by atoms with van der Waals surface area (Å²) < 4.78 is 4.82. The molecule has 90 valence electrons. The number of esters is 1. The zero-order chi connectivity index (χ0) is 12.8. The van der Waals surface area contributed by atoms with Crippen molar-refractivity contribution in [1.29, 1.82) is 0 Å². The van der Waals surface area contributed by atoms with Crippen LogP contribution in [0.25, 0.3) is 0 Å². The third-order valence-electron chi connectivity index (χ3n) is 2.23. The van der Waals surface area contributed by atoms with E-state index in [9.17, 15) is 4.79 Å². The summed E-state index contributed by atoms with van der Waals surface area (Å²) in [6.07, 6.45) is 5.01. The Morgan fingerprint density at radius 1 is 1.65 bits per heavy atom. The average Bonchev–Trinajstić information content (AvgIpc) is 2.30. The number of halogens is 1. The first kappa shape index (κ1) is 13.4. The third kappa shape index (κ3) is 3.69. The molecule has 3 nitrogen and oxygen atoms in total. The molecule has 0 heterocycles. The van der Waals surface area contributed by atoms with Gasteiger partial charge in [0.2, 0.25) is 0 Å². The van der Waals surface area contributed by atoms with Crippen LogP contribution in [0.4, 0.5) is 5.69 Å². The van der Waals surface area contributed by atoms with Crippen LogP contribution < -0.4 is 5.32 Å². The SMILES string of the molecule is C#CCOC(=O)C(C)Nc1c(C)cccc1Cl. The first-order chi connectivity index (χ1) is 8.06. The van der Waals surface area contributed by atoms with Gasteiger partial charge in [-0.3, -0.25) is 0 Å². The van der Waals surface area contributed by atoms with Gasteiger partial charge in [-0.2, -0.15) is 0 Å². The Morgan fingerprint density at radius 3 is 2.94 bits per heavy atom. The molecule has 1 atom stereocenters. The van der Waals surface area contributed by atoms with E-state index >= 15 is 0 Å². The van der Waals surface area contributed by atoms with Crippen molar-refractivity contribution in [2.24, 2.45) is 0 Å². The number of carbonyl (C=O) groups is 1. The fraction of sp³-hybridized carbons (Fsp3) is 0.308. The lowest BCUT2D eigenvalue weighted by Gasteiger charge is -2.16. The van der Waals surface area contributed by atoms with Gasteiger partial charge in [0, 0.05) is 0 Å². The molecule has 0 aliphatic rings. The molecule has 0 radical (unpaired) electrons. The molecule has 1 unspecified atom stereocenters. The Labute approximate surface area is 106 Å². The molecule has 0 saturated carbocycles. The molecule has 17 heavy (non-hydrogen) atoms. The topological polar surface area (TPSA) is 38.3 Å². The standard InChI is InChI=1S/C13H14ClNO2/c1-4-8-17-13(16)10(3)15-12-9(2)6-5-7-11(12)14/h1,5-7,10,15H,8H2,2-3H3. The van der Waals surface area contributed by atoms with E-state index in [0.29, 0.717) is 5.02 Å². The molecule has 1 rings (SSSR count). The van der Waals surface area contributed by atoms with E-state index in [1.54, 1.807) is 13.0 Å². The molecule has 1 aromatic rings. The zero-order valence-corrected chi connectivity index (χ0v) is 10.5. The van der Waals surface area contributed by atoms with Crippen LogP contribution in [0.15, 0.2) is 18.2 Å². The van der Waals surface area contributed by atoms with Crippen LogP contribution in [-0.4, -0.2) is 18.6 Å². The van der Waals surface area contributed by atoms with Crippen LogP contribution in [0.5, 0.6) is 0 Å². The molecular formula is C13H14ClNO2. The van der Waals surface area contributed by atoms with Crippen molar-refractivity contribution < 1.29 is 9.53 Å². The maximum atomic E-state index is 11.5. The van der Waals surface area contributed by atoms with Gasteiger partial charge in [0.15, 0.2) is 6.61 Å². The zero-order valence-electron chi connectivity index (χ0n) is 9.79. The highest BCUT2D eigenvalue weighted by molar-refractivity contribution is 6.33. The number of para-hydroxylation sites is 1. The van der Waals surface area contributed by atoms with Gasteiger partial charge < -0.3 is 10.1 Å². The highest BCUT2D eigenvalue weighted by Crippen LogP contribution is 2.25. The summed E-state index contributed by atoms with van der Waals surface area (Å²) >= 11 is 6.04. The van der Waals surface area contributed by atoms with Gasteiger partial charge in [-0.15, -0.1) is 6.42 Å². The van der Waals surface area contributed by atoms with Gasteiger partial charge in [0.25, 0.3) is 0 Å². The summed E-state index contributed by atoms with van der Waals surface area (Å²) in [6, 6.07) is 5.02. The highest BCUT2D eigenvalue weighted by atomic mass is 35.5. The van der Waals surface area contributed by atoms with E-state index in [2.05, 4.69) is 11.2 Å². The van der Waals surface area contributed by atoms with Gasteiger partial charge in [0.1, 0.15) is 6.04 Å². The van der Waals surface area contributed by atoms with Gasteiger partial charge in [-0.05, 0) is 25.5 Å². The number of benzene rings is 1. The number of nitrogens with one attached hydrogen (secondary N) is 1. The van der Waals surface area contributed by atoms with Crippen LogP contribution in [-0.2, 0) is 9.53 Å². The second kappa shape index (κ2) is 6.17. The van der Waals surface area contributed by atoms with Gasteiger partial charge in [-0.25, -0.2) is 4.79 Å². The summed E-state index contributed by atoms with van der Waals surface area (Å²) in [7, 11) is 0. The van der Waals surface area contributed by atoms with E-state index in [-0.39, 0.29) is 6.61 Å². The Bertz CT molecular complexity index is 431. The predicted molar refractivity (Wildman–Crippen MR) is 69.1 cm³/mol. The van der Waals surface area contributed by atoms with E-state index in [1.165, 1.54) is 0 Å². The molecule has 0 aliphatic heterocycles. The summed E-state index contributed by atoms with van der Waals surface area (Å²) in [5, 5.41) is 3.58. The van der Waals surface area contributed by atoms with Crippen molar-refractivity contribution in [3.63, 3.8) is 0 Å². The van der Waals surface area contributed by atoms with Gasteiger partial charge in [-0.1, -0.05) is 29.7 Å². The second-order valence-corrected chi connectivity index (χ2v) is 4.02. The minimum atomic E-state index is -0.498. The van der Waals surface area contributed by atoms with E-state index in [0.717, 1.165) is 11.3 Å². The Hall–Kier alpha value is -1.66. The number of hydrogen-bond acceptors (Lipinski definition) is 3. The predicted octanol–water partition coefficient (Wildman–Crippen LogP) is 2.63. The molecule has 0 bridgehead atoms. The lowest BCUT2D eigenvalue weighted by molar-refractivity contribution is -0.142. The number of rotatable bonds is 4. The van der Waals surface area contributed by atoms with Crippen LogP contribution in [0, 0.1) is 19.3 Å². The lowest BCUT2D eigenvalue weighted by Crippen LogP contribution is -2.28. The van der Waals surface area contributed by atoms with Crippen molar-refractivity contribution >= 4 is 23.3 Å². The maximum absolute atomic E-state index is 11.5. The van der Waals surface area contributed by atoms with E-state index in [4.69, 9.17) is 22.8 Å². The molecule has 1 aromatic carbocycles. The fourth-order valence-electron chi connectivity index (χ4n) is 1.33. The number of anilines is 1. The first-order valence-corrected chi connectivity index (χ1v) is 5.55. The molecule has 4 heteroatoms. The molecule has 0 aliphatic carbocycles. The minimum absolute atomic E-state index is 0.0215. The first-order valence-electron chi connectivity index (χ1n) is 5.18. The quantitative estimate of drug-likeness (QED) is 0.660. The fourth-order valence-corrected chi connectivity index (χ4v) is 1.60. The highest BCUT2D eigenvalue weighted by Gasteiger charge is 2.15. The van der Waals surface area contributed by atoms with Crippen LogP contribution in [0.2, 0.25) is 5.02 Å². The lowest BCUT2D eigenvalue weighted by atomic mass is 10.2. The van der Waals surface area contributed by atoms with Crippen molar-refractivity contribution in [2.45, 2.75) is 19.9 Å². The summed E-state index contributed by atoms with van der Waals surface area (Å²) in [4.78, 5) is 11.5. The number of terminal acetylenes is 1. The van der Waals surface area contributed by atoms with Crippen molar-refractivity contribution in [3.05, 3.63) is 28.8 Å². The average molecular weight is 252 g/mol. The number of ether oxygens (including phenoxy) is 1. The molecular weight excluding hydrogens is 238 g/mol. The molecule has 1 N–H and O–H groups in total. The van der Waals surface area contributed by atoms with Crippen LogP contribution >= 0.6 is 11.6 Å². The smallest absolute Gasteiger partial charge is 0.329 e. The van der Waals surface area contributed by atoms with Crippen molar-refractivity contribution in [1.82, 2.24) is 0 Å². The second-order valence-electron chi connectivity index (χ2n) is 3.61. The number of aryl methyl sites for hydroxylation is 1. The monoisotopic (exact) mass is 251 g/mol. The van der Waals surface area contributed by atoms with Gasteiger partial charge >= 0.3 is 5.97 Å². The molecule has 0 fully saturated rings. The Balaban J connectivity index is 2.71. The largest absolute Gasteiger partial charge is 0.451 e. The maximum Gasteiger partial charge on any atom is 0.329 e. The molecule has 0 spiro atoms. The van der Waals surface area contributed by atoms with Crippen LogP contribution in [0.1, 0.15) is 12.5 Å². The van der Waals surface area contributed by atoms with E-state index < -0.39 is 12.0 Å². The summed E-state index contributed by atoms with van der Waals surface area (Å²) in [6.45, 7) is 3.59. The van der Waals surface area contributed by atoms with E-state index in [1.807, 2.05) is 19.1 Å².